The number of nitrogens with zero attached hydrogens (tertiary/aromatic N) is 5. The van der Waals surface area contributed by atoms with Crippen molar-refractivity contribution in [3.8, 4) is 11.5 Å². The van der Waals surface area contributed by atoms with Crippen LogP contribution in [0.15, 0.2) is 28.7 Å². The fourth-order valence-corrected chi connectivity index (χ4v) is 5.07. The Hall–Kier alpha value is -6.24. The summed E-state index contributed by atoms with van der Waals surface area (Å²) in [5, 5.41) is 35.9. The van der Waals surface area contributed by atoms with E-state index < -0.39 is 93.9 Å². The van der Waals surface area contributed by atoms with E-state index in [2.05, 4.69) is 20.9 Å². The van der Waals surface area contributed by atoms with Crippen LogP contribution in [-0.2, 0) is 29.4 Å². The molecule has 262 valence electrons. The van der Waals surface area contributed by atoms with Gasteiger partial charge in [0.2, 0.25) is 5.60 Å². The van der Waals surface area contributed by atoms with Gasteiger partial charge in [-0.05, 0) is 32.0 Å². The van der Waals surface area contributed by atoms with Crippen molar-refractivity contribution in [2.75, 3.05) is 25.4 Å². The van der Waals surface area contributed by atoms with E-state index in [1.807, 2.05) is 0 Å². The average molecular weight is 727 g/mol. The highest BCUT2D eigenvalue weighted by Crippen LogP contribution is 2.25. The topological polar surface area (TPSA) is 333 Å². The molecular weight excluding hydrogens is 700 g/mol. The van der Waals surface area contributed by atoms with Crippen molar-refractivity contribution in [3.05, 3.63) is 34.8 Å². The second kappa shape index (κ2) is 13.5. The van der Waals surface area contributed by atoms with Gasteiger partial charge in [-0.3, -0.25) is 24.7 Å². The van der Waals surface area contributed by atoms with Gasteiger partial charge in [0.05, 0.1) is 19.6 Å². The number of aromatic hydroxyl groups is 2. The Morgan fingerprint density at radius 2 is 1.71 bits per heavy atom. The molecule has 25 heteroatoms. The summed E-state index contributed by atoms with van der Waals surface area (Å²) in [4.78, 5) is 96.4. The zero-order valence-electron chi connectivity index (χ0n) is 25.1. The number of aromatic nitrogens is 1. The number of carbonyl (C=O) groups excluding carboxylic acids is 6. The maximum Gasteiger partial charge on any atom is 0.350 e. The Kier molecular flexibility index (Phi) is 9.79. The number of carbonyl (C=O) groups is 7. The van der Waals surface area contributed by atoms with E-state index in [1.54, 1.807) is 0 Å². The minimum Gasteiger partial charge on any atom is -0.504 e. The number of carboxylic acids is 1. The van der Waals surface area contributed by atoms with E-state index in [1.165, 1.54) is 14.8 Å². The van der Waals surface area contributed by atoms with Crippen molar-refractivity contribution in [2.45, 2.75) is 25.5 Å². The van der Waals surface area contributed by atoms with Crippen LogP contribution in [0.3, 0.4) is 0 Å². The zero-order valence-corrected chi connectivity index (χ0v) is 26.7. The molecule has 0 spiro atoms. The molecule has 2 saturated heterocycles. The Balaban J connectivity index is 1.31. The zero-order chi connectivity index (χ0) is 36.4. The fourth-order valence-electron chi connectivity index (χ4n) is 3.79. The number of phenolic OH excluding ortho intramolecular Hbond substituents is 2. The molecule has 1 aromatic carbocycles. The number of hydrogen-bond acceptors (Lipinski definition) is 16. The molecule has 0 radical (unpaired) electrons. The molecule has 3 heterocycles. The van der Waals surface area contributed by atoms with Crippen molar-refractivity contribution < 1.29 is 62.1 Å². The first kappa shape index (κ1) is 35.6. The smallest absolute Gasteiger partial charge is 0.350 e. The van der Waals surface area contributed by atoms with Gasteiger partial charge >= 0.3 is 34.3 Å². The van der Waals surface area contributed by atoms with Gasteiger partial charge in [0.25, 0.3) is 17.7 Å². The number of nitrogen functional groups attached to an aromatic ring is 1. The number of imide groups is 2. The summed E-state index contributed by atoms with van der Waals surface area (Å²) >= 11 is 0.917. The monoisotopic (exact) mass is 726 g/mol. The van der Waals surface area contributed by atoms with Crippen LogP contribution in [0.4, 0.5) is 19.5 Å². The molecule has 4 rings (SSSR count). The molecule has 1 atom stereocenters. The summed E-state index contributed by atoms with van der Waals surface area (Å²) in [5.41, 5.74) is 5.03. The quantitative estimate of drug-likeness (QED) is 0.0557. The molecule has 1 aromatic heterocycles. The summed E-state index contributed by atoms with van der Waals surface area (Å²) in [6.45, 7) is 1.07. The van der Waals surface area contributed by atoms with Crippen molar-refractivity contribution in [2.24, 2.45) is 5.16 Å². The third kappa shape index (κ3) is 8.01. The maximum absolute atomic E-state index is 12.9. The number of urea groups is 3. The molecule has 49 heavy (non-hydrogen) atoms. The van der Waals surface area contributed by atoms with Crippen molar-refractivity contribution >= 4 is 74.2 Å². The number of β-lactam (4-membered cyclic amide) rings is 1. The predicted molar refractivity (Wildman–Crippen MR) is 162 cm³/mol. The van der Waals surface area contributed by atoms with Crippen molar-refractivity contribution in [1.29, 1.82) is 0 Å². The largest absolute Gasteiger partial charge is 0.504 e. The molecule has 2 aliphatic rings. The standard InChI is InChI=1S/C24H26N10O13S2/c1-24(2,19(40)41)47-29-15(12-9-48-20(25)27-12)17(38)26-11-8-33(18(11)39)22(43)31-49(45,46)30-21(42)32-5-6-34(23(32)44)28-16(37)10-3-4-13(35)14(36)7-10/h3-4,7,9,11,35-36H,5-6,8H2,1-2H3,(H2,25,27)(H,26,38)(H,28,37)(H,30,42)(H,31,43)(H,40,41)/b29-15-. The van der Waals surface area contributed by atoms with Crippen LogP contribution in [0.1, 0.15) is 29.9 Å². The predicted octanol–water partition coefficient (Wildman–Crippen LogP) is -2.21. The van der Waals surface area contributed by atoms with Crippen LogP contribution in [0.2, 0.25) is 0 Å². The number of nitrogens with one attached hydrogen (secondary N) is 4. The Morgan fingerprint density at radius 1 is 1.06 bits per heavy atom. The highest BCUT2D eigenvalue weighted by Gasteiger charge is 2.44. The van der Waals surface area contributed by atoms with Crippen LogP contribution < -0.4 is 25.9 Å². The summed E-state index contributed by atoms with van der Waals surface area (Å²) in [6, 6.07) is -2.52. The number of benzene rings is 1. The van der Waals surface area contributed by atoms with Crippen LogP contribution in [-0.4, -0.2) is 122 Å². The number of likely N-dealkylation sites (tertiary alicyclic amines) is 1. The van der Waals surface area contributed by atoms with Crippen LogP contribution >= 0.6 is 11.3 Å². The van der Waals surface area contributed by atoms with Gasteiger partial charge in [0.1, 0.15) is 11.7 Å². The van der Waals surface area contributed by atoms with E-state index >= 15 is 0 Å². The molecule has 2 aromatic rings. The van der Waals surface area contributed by atoms with Crippen molar-refractivity contribution in [1.82, 2.24) is 40.0 Å². The lowest BCUT2D eigenvalue weighted by molar-refractivity contribution is -0.161. The molecule has 9 N–H and O–H groups in total. The number of phenols is 2. The number of anilines is 1. The first-order valence-electron chi connectivity index (χ1n) is 13.4. The lowest BCUT2D eigenvalue weighted by Gasteiger charge is -2.36. The third-order valence-electron chi connectivity index (χ3n) is 6.51. The van der Waals surface area contributed by atoms with E-state index in [9.17, 15) is 57.3 Å². The normalized spacial score (nSPS) is 16.5. The first-order chi connectivity index (χ1) is 22.8. The van der Waals surface area contributed by atoms with E-state index in [-0.39, 0.29) is 22.9 Å². The second-order valence-electron chi connectivity index (χ2n) is 10.4. The second-order valence-corrected chi connectivity index (χ2v) is 12.7. The molecule has 23 nitrogen and oxygen atoms in total. The van der Waals surface area contributed by atoms with Gasteiger partial charge in [-0.1, -0.05) is 5.16 Å². The summed E-state index contributed by atoms with van der Waals surface area (Å²) in [5.74, 6) is -5.60. The molecule has 0 saturated carbocycles. The number of aliphatic carboxylic acids is 1. The van der Waals surface area contributed by atoms with E-state index in [0.29, 0.717) is 14.8 Å². The number of rotatable bonds is 10. The van der Waals surface area contributed by atoms with Gasteiger partial charge in [-0.15, -0.1) is 11.3 Å². The molecule has 0 aliphatic carbocycles. The van der Waals surface area contributed by atoms with Crippen LogP contribution in [0, 0.1) is 0 Å². The van der Waals surface area contributed by atoms with Crippen molar-refractivity contribution in [3.63, 3.8) is 0 Å². The van der Waals surface area contributed by atoms with Gasteiger partial charge in [0, 0.05) is 10.9 Å². The SMILES string of the molecule is CC(C)(O/N=C(\C(=O)NC1CN(C(=O)NS(=O)(=O)NC(=O)N2CCN(NC(=O)c3ccc(O)c(O)c3)C2=O)C1=O)c1csc(N)n1)C(=O)O. The van der Waals surface area contributed by atoms with E-state index in [0.717, 1.165) is 43.4 Å². The Bertz CT molecular complexity index is 1890. The third-order valence-corrected chi connectivity index (χ3v) is 8.07. The Labute approximate surface area is 278 Å². The minimum absolute atomic E-state index is 0.0227. The number of nitrogens with two attached hydrogens (primary N) is 1. The number of carboxylic acid groups (broad SMARTS) is 1. The average Bonchev–Trinajstić information content (AvgIpc) is 3.60. The van der Waals surface area contributed by atoms with Gasteiger partial charge in [0.15, 0.2) is 22.3 Å². The fraction of sp³-hybridized carbons (Fsp3) is 0.292. The molecule has 0 bridgehead atoms. The summed E-state index contributed by atoms with van der Waals surface area (Å²) in [6.07, 6.45) is 0. The van der Waals surface area contributed by atoms with Crippen LogP contribution in [0.5, 0.6) is 11.5 Å². The Morgan fingerprint density at radius 3 is 2.29 bits per heavy atom. The lowest BCUT2D eigenvalue weighted by Crippen LogP contribution is -2.68. The molecule has 1 unspecified atom stereocenters. The number of oxime groups is 1. The highest BCUT2D eigenvalue weighted by molar-refractivity contribution is 7.88. The molecular formula is C24H26N10O13S2. The molecule has 2 fully saturated rings. The number of hydrogen-bond donors (Lipinski definition) is 8. The minimum atomic E-state index is -5.03. The van der Waals surface area contributed by atoms with Crippen LogP contribution in [0.25, 0.3) is 0 Å². The van der Waals surface area contributed by atoms with Gasteiger partial charge < -0.3 is 31.2 Å². The maximum atomic E-state index is 12.9. The summed E-state index contributed by atoms with van der Waals surface area (Å²) in [7, 11) is -5.03. The summed E-state index contributed by atoms with van der Waals surface area (Å²) < 4.78 is 27.7. The van der Waals surface area contributed by atoms with Gasteiger partial charge in [-0.2, -0.15) is 8.42 Å². The van der Waals surface area contributed by atoms with Gasteiger partial charge in [-0.25, -0.2) is 43.5 Å². The molecule has 2 aliphatic heterocycles. The lowest BCUT2D eigenvalue weighted by atomic mass is 10.1. The number of thiazole rings is 1. The number of amides is 9. The van der Waals surface area contributed by atoms with E-state index in [4.69, 9.17) is 10.6 Å². The number of hydrazine groups is 1. The highest BCUT2D eigenvalue weighted by atomic mass is 32.2. The molecule has 9 amide bonds. The first-order valence-corrected chi connectivity index (χ1v) is 15.8.